The van der Waals surface area contributed by atoms with Gasteiger partial charge in [-0.3, -0.25) is 0 Å². The molecule has 0 spiro atoms. The van der Waals surface area contributed by atoms with Gasteiger partial charge >= 0.3 is 14.2 Å². The summed E-state index contributed by atoms with van der Waals surface area (Å²) in [6, 6.07) is 17.4. The van der Waals surface area contributed by atoms with E-state index in [1.165, 1.54) is 36.8 Å². The van der Waals surface area contributed by atoms with E-state index in [9.17, 15) is 0 Å². The molecule has 4 rings (SSSR count). The summed E-state index contributed by atoms with van der Waals surface area (Å²) in [5.41, 5.74) is 3.85. The van der Waals surface area contributed by atoms with Crippen LogP contribution in [0, 0.1) is 0 Å². The maximum atomic E-state index is 6.16. The lowest BCUT2D eigenvalue weighted by atomic mass is 9.78. The molecule has 0 amide bonds. The van der Waals surface area contributed by atoms with Crippen molar-refractivity contribution in [2.24, 2.45) is 0 Å². The Kier molecular flexibility index (Phi) is 7.57. The average molecular weight is 474 g/mol. The van der Waals surface area contributed by atoms with Gasteiger partial charge in [-0.2, -0.15) is 0 Å². The van der Waals surface area contributed by atoms with E-state index in [0.29, 0.717) is 5.76 Å². The second kappa shape index (κ2) is 10.2. The van der Waals surface area contributed by atoms with E-state index < -0.39 is 5.60 Å². The predicted octanol–water partition coefficient (Wildman–Crippen LogP) is 5.37. The summed E-state index contributed by atoms with van der Waals surface area (Å²) >= 11 is 0. The van der Waals surface area contributed by atoms with Gasteiger partial charge in [-0.15, -0.1) is 0 Å². The van der Waals surface area contributed by atoms with E-state index >= 15 is 0 Å². The van der Waals surface area contributed by atoms with Gasteiger partial charge in [0.15, 0.2) is 0 Å². The zero-order valence-electron chi connectivity index (χ0n) is 22.4. The molecule has 0 bridgehead atoms. The van der Waals surface area contributed by atoms with Crippen LogP contribution in [-0.2, 0) is 31.5 Å². The summed E-state index contributed by atoms with van der Waals surface area (Å²) in [7, 11) is -0.634. The van der Waals surface area contributed by atoms with E-state index in [1.54, 1.807) is 0 Å². The van der Waals surface area contributed by atoms with Gasteiger partial charge in [0.05, 0.1) is 17.0 Å². The van der Waals surface area contributed by atoms with Crippen molar-refractivity contribution in [2.45, 2.75) is 96.9 Å². The van der Waals surface area contributed by atoms with Gasteiger partial charge in [0.25, 0.3) is 0 Å². The Morgan fingerprint density at radius 1 is 0.600 bits per heavy atom. The lowest BCUT2D eigenvalue weighted by molar-refractivity contribution is 0.00578. The maximum Gasteiger partial charge on any atom is 0.563 e. The topological polar surface area (TPSA) is 36.9 Å². The molecule has 2 aromatic rings. The van der Waals surface area contributed by atoms with Gasteiger partial charge in [0, 0.05) is 0 Å². The second-order valence-corrected chi connectivity index (χ2v) is 11.5. The Labute approximate surface area is 212 Å². The van der Waals surface area contributed by atoms with Crippen LogP contribution in [0.5, 0.6) is 0 Å². The molecule has 0 unspecified atom stereocenters. The normalized spacial score (nSPS) is 20.3. The van der Waals surface area contributed by atoms with Crippen LogP contribution in [0.4, 0.5) is 0 Å². The van der Waals surface area contributed by atoms with Gasteiger partial charge in [0.2, 0.25) is 0 Å². The third kappa shape index (κ3) is 6.04. The Bertz CT molecular complexity index is 996. The summed E-state index contributed by atoms with van der Waals surface area (Å²) in [6.45, 7) is 16.3. The molecule has 0 radical (unpaired) electrons. The van der Waals surface area contributed by atoms with Crippen LogP contribution in [-0.4, -0.2) is 31.0 Å². The van der Waals surface area contributed by atoms with Gasteiger partial charge in [-0.25, -0.2) is 0 Å². The molecule has 2 saturated heterocycles. The first kappa shape index (κ1) is 26.1. The predicted molar refractivity (Wildman–Crippen MR) is 145 cm³/mol. The third-order valence-electron chi connectivity index (χ3n) is 7.76. The van der Waals surface area contributed by atoms with Crippen molar-refractivity contribution in [2.75, 3.05) is 0 Å². The van der Waals surface area contributed by atoms with Crippen LogP contribution in [0.25, 0.3) is 0 Å². The Morgan fingerprint density at radius 2 is 1.03 bits per heavy atom. The van der Waals surface area contributed by atoms with Crippen LogP contribution >= 0.6 is 0 Å². The highest BCUT2D eigenvalue weighted by atomic mass is 16.7. The van der Waals surface area contributed by atoms with Crippen molar-refractivity contribution in [3.8, 4) is 0 Å². The minimum absolute atomic E-state index is 0.285. The number of hydrogen-bond donors (Lipinski definition) is 0. The van der Waals surface area contributed by atoms with Crippen molar-refractivity contribution in [1.29, 1.82) is 0 Å². The van der Waals surface area contributed by atoms with Crippen LogP contribution in [0.15, 0.2) is 60.9 Å². The fraction of sp³-hybridized carbons (Fsp3) is 0.517. The van der Waals surface area contributed by atoms with Crippen molar-refractivity contribution in [3.63, 3.8) is 0 Å². The summed E-state index contributed by atoms with van der Waals surface area (Å²) < 4.78 is 24.1. The molecule has 6 heteroatoms. The fourth-order valence-electron chi connectivity index (χ4n) is 4.44. The Morgan fingerprint density at radius 3 is 1.43 bits per heavy atom. The largest absolute Gasteiger partial charge is 0.563 e. The second-order valence-electron chi connectivity index (χ2n) is 11.5. The molecular formula is C29H40B2O4. The molecule has 0 aromatic heterocycles. The smallest absolute Gasteiger partial charge is 0.534 e. The fourth-order valence-corrected chi connectivity index (χ4v) is 4.44. The minimum atomic E-state index is -0.432. The number of benzene rings is 2. The first-order valence-corrected chi connectivity index (χ1v) is 13.0. The van der Waals surface area contributed by atoms with Crippen molar-refractivity contribution < 1.29 is 18.6 Å². The van der Waals surface area contributed by atoms with Gasteiger partial charge in [0.1, 0.15) is 5.60 Å². The number of aryl methyl sites for hydroxylation is 2. The number of unbranched alkanes of at least 4 members (excludes halogenated alkanes) is 3. The van der Waals surface area contributed by atoms with E-state index in [2.05, 4.69) is 82.8 Å². The van der Waals surface area contributed by atoms with Gasteiger partial charge in [-0.05, 0) is 89.3 Å². The molecule has 0 aliphatic carbocycles. The highest BCUT2D eigenvalue weighted by Crippen LogP contribution is 2.36. The Balaban J connectivity index is 1.14. The van der Waals surface area contributed by atoms with E-state index in [0.717, 1.165) is 23.8 Å². The summed E-state index contributed by atoms with van der Waals surface area (Å²) in [6.07, 6.45) is 7.13. The van der Waals surface area contributed by atoms with Crippen molar-refractivity contribution in [3.05, 3.63) is 72.0 Å². The highest BCUT2D eigenvalue weighted by molar-refractivity contribution is 6.62. The number of rotatable bonds is 9. The average Bonchev–Trinajstić information content (AvgIpc) is 3.20. The minimum Gasteiger partial charge on any atom is -0.534 e. The van der Waals surface area contributed by atoms with Crippen LogP contribution < -0.4 is 10.9 Å². The van der Waals surface area contributed by atoms with Crippen LogP contribution in [0.2, 0.25) is 0 Å². The standard InChI is InChI=1S/C29H40B2O4/c1-22-27(2,3)33-30(32-22)25-18-14-23(15-19-25)12-10-8-9-11-13-24-16-20-26(21-17-24)31-34-28(4,5)29(6,7)35-31/h14-21H,1,8-13H2,2-7H3. The molecule has 0 atom stereocenters. The van der Waals surface area contributed by atoms with Crippen LogP contribution in [0.1, 0.15) is 78.4 Å². The molecule has 4 nitrogen and oxygen atoms in total. The van der Waals surface area contributed by atoms with Gasteiger partial charge < -0.3 is 18.6 Å². The Hall–Kier alpha value is -2.01. The zero-order chi connectivity index (χ0) is 25.3. The zero-order valence-corrected chi connectivity index (χ0v) is 22.4. The molecule has 186 valence electrons. The molecule has 2 fully saturated rings. The van der Waals surface area contributed by atoms with E-state index in [1.807, 2.05) is 13.8 Å². The monoisotopic (exact) mass is 474 g/mol. The molecule has 35 heavy (non-hydrogen) atoms. The first-order valence-electron chi connectivity index (χ1n) is 13.0. The summed E-state index contributed by atoms with van der Waals surface area (Å²) in [5, 5.41) is 0. The molecule has 0 saturated carbocycles. The molecule has 2 heterocycles. The van der Waals surface area contributed by atoms with Crippen molar-refractivity contribution in [1.82, 2.24) is 0 Å². The third-order valence-corrected chi connectivity index (χ3v) is 7.76. The molecule has 2 aliphatic heterocycles. The first-order chi connectivity index (χ1) is 16.5. The lowest BCUT2D eigenvalue weighted by Gasteiger charge is -2.32. The van der Waals surface area contributed by atoms with E-state index in [-0.39, 0.29) is 25.4 Å². The van der Waals surface area contributed by atoms with E-state index in [4.69, 9.17) is 18.6 Å². The molecule has 2 aliphatic rings. The summed E-state index contributed by atoms with van der Waals surface area (Å²) in [5.74, 6) is 0.687. The summed E-state index contributed by atoms with van der Waals surface area (Å²) in [4.78, 5) is 0. The van der Waals surface area contributed by atoms with Gasteiger partial charge in [-0.1, -0.05) is 68.0 Å². The van der Waals surface area contributed by atoms with Crippen LogP contribution in [0.3, 0.4) is 0 Å². The molecular weight excluding hydrogens is 434 g/mol. The number of hydrogen-bond acceptors (Lipinski definition) is 4. The lowest BCUT2D eigenvalue weighted by Crippen LogP contribution is -2.41. The maximum absolute atomic E-state index is 6.16. The molecule has 0 N–H and O–H groups in total. The highest BCUT2D eigenvalue weighted by Gasteiger charge is 2.51. The SMILES string of the molecule is C=C1OB(c2ccc(CCCCCCc3ccc(B4OC(C)(C)C(C)(C)O4)cc3)cc2)OC1(C)C. The van der Waals surface area contributed by atoms with Crippen molar-refractivity contribution >= 4 is 25.2 Å². The molecule has 2 aromatic carbocycles. The quantitative estimate of drug-likeness (QED) is 0.362.